The Labute approximate surface area is 134 Å². The number of amides is 1. The van der Waals surface area contributed by atoms with Crippen LogP contribution < -0.4 is 0 Å². The number of imidazole rings is 1. The van der Waals surface area contributed by atoms with E-state index in [1.807, 2.05) is 48.0 Å². The van der Waals surface area contributed by atoms with Crippen molar-refractivity contribution < 1.29 is 4.79 Å². The maximum atomic E-state index is 12.2. The van der Waals surface area contributed by atoms with Gasteiger partial charge in [-0.15, -0.1) is 0 Å². The highest BCUT2D eigenvalue weighted by molar-refractivity contribution is 5.91. The highest BCUT2D eigenvalue weighted by Gasteiger charge is 2.12. The van der Waals surface area contributed by atoms with E-state index in [1.54, 1.807) is 36.5 Å². The lowest BCUT2D eigenvalue weighted by Gasteiger charge is -2.14. The zero-order valence-corrected chi connectivity index (χ0v) is 13.2. The number of para-hydroxylation sites is 2. The predicted molar refractivity (Wildman–Crippen MR) is 90.5 cm³/mol. The van der Waals surface area contributed by atoms with Crippen molar-refractivity contribution in [2.75, 3.05) is 7.05 Å². The van der Waals surface area contributed by atoms with Gasteiger partial charge in [-0.05, 0) is 29.8 Å². The molecule has 5 nitrogen and oxygen atoms in total. The number of nitrogens with zero attached hydrogens (tertiary/aromatic N) is 4. The predicted octanol–water partition coefficient (Wildman–Crippen LogP) is 2.64. The Morgan fingerprint density at radius 1 is 1.26 bits per heavy atom. The van der Waals surface area contributed by atoms with E-state index in [-0.39, 0.29) is 5.91 Å². The number of aromatic nitrogens is 3. The van der Waals surface area contributed by atoms with Crippen molar-refractivity contribution in [2.24, 2.45) is 7.05 Å². The second-order valence-electron chi connectivity index (χ2n) is 5.39. The average Bonchev–Trinajstić information content (AvgIpc) is 2.90. The Bertz CT molecular complexity index is 852. The van der Waals surface area contributed by atoms with Crippen LogP contribution in [0.15, 0.2) is 54.9 Å². The Kier molecular flexibility index (Phi) is 4.19. The first kappa shape index (κ1) is 15.0. The van der Waals surface area contributed by atoms with Crippen molar-refractivity contribution >= 4 is 23.0 Å². The molecule has 2 heterocycles. The van der Waals surface area contributed by atoms with Crippen molar-refractivity contribution in [3.63, 3.8) is 0 Å². The number of likely N-dealkylation sites (N-methyl/N-ethyl adjacent to an activating group) is 1. The standard InChI is InChI=1S/C18H18N4O/c1-21(18(23)10-9-14-6-5-11-19-12-14)13-17-20-15-7-3-4-8-16(15)22(17)2/h3-12H,13H2,1-2H3/b10-9-. The largest absolute Gasteiger partial charge is 0.335 e. The van der Waals surface area contributed by atoms with Gasteiger partial charge in [0, 0.05) is 32.6 Å². The lowest BCUT2D eigenvalue weighted by Crippen LogP contribution is -2.25. The molecule has 2 aromatic heterocycles. The molecule has 0 atom stereocenters. The maximum absolute atomic E-state index is 12.2. The molecule has 5 heteroatoms. The zero-order chi connectivity index (χ0) is 16.2. The molecule has 0 fully saturated rings. The fraction of sp³-hybridized carbons (Fsp3) is 0.167. The van der Waals surface area contributed by atoms with Crippen molar-refractivity contribution in [1.82, 2.24) is 19.4 Å². The van der Waals surface area contributed by atoms with Crippen molar-refractivity contribution in [3.8, 4) is 0 Å². The van der Waals surface area contributed by atoms with Crippen LogP contribution in [0.5, 0.6) is 0 Å². The molecule has 116 valence electrons. The fourth-order valence-electron chi connectivity index (χ4n) is 2.40. The van der Waals surface area contributed by atoms with Crippen LogP contribution in [-0.2, 0) is 18.4 Å². The van der Waals surface area contributed by atoms with Crippen molar-refractivity contribution in [3.05, 3.63) is 66.3 Å². The van der Waals surface area contributed by atoms with E-state index in [9.17, 15) is 4.79 Å². The number of fused-ring (bicyclic) bond motifs is 1. The number of carbonyl (C=O) groups is 1. The quantitative estimate of drug-likeness (QED) is 0.696. The van der Waals surface area contributed by atoms with E-state index in [0.717, 1.165) is 22.4 Å². The second-order valence-corrected chi connectivity index (χ2v) is 5.39. The molecule has 0 saturated heterocycles. The van der Waals surface area contributed by atoms with Crippen LogP contribution in [0, 0.1) is 0 Å². The molecule has 0 aliphatic rings. The van der Waals surface area contributed by atoms with E-state index in [2.05, 4.69) is 9.97 Å². The molecule has 1 aromatic carbocycles. The number of rotatable bonds is 4. The molecule has 0 N–H and O–H groups in total. The van der Waals surface area contributed by atoms with Gasteiger partial charge < -0.3 is 9.47 Å². The van der Waals surface area contributed by atoms with Crippen LogP contribution in [-0.4, -0.2) is 32.4 Å². The molecular formula is C18H18N4O. The van der Waals surface area contributed by atoms with Crippen LogP contribution in [0.3, 0.4) is 0 Å². The number of carbonyl (C=O) groups excluding carboxylic acids is 1. The Morgan fingerprint density at radius 3 is 2.83 bits per heavy atom. The summed E-state index contributed by atoms with van der Waals surface area (Å²) >= 11 is 0. The first-order chi connectivity index (χ1) is 11.1. The monoisotopic (exact) mass is 306 g/mol. The Balaban J connectivity index is 1.72. The van der Waals surface area contributed by atoms with Crippen molar-refractivity contribution in [1.29, 1.82) is 0 Å². The molecular weight excluding hydrogens is 288 g/mol. The van der Waals surface area contributed by atoms with Gasteiger partial charge in [0.05, 0.1) is 17.6 Å². The highest BCUT2D eigenvalue weighted by Crippen LogP contribution is 2.15. The Hall–Kier alpha value is -2.95. The van der Waals surface area contributed by atoms with E-state index in [0.29, 0.717) is 6.54 Å². The number of aryl methyl sites for hydroxylation is 1. The molecule has 0 saturated carbocycles. The summed E-state index contributed by atoms with van der Waals surface area (Å²) in [7, 11) is 3.74. The molecule has 0 radical (unpaired) electrons. The molecule has 1 amide bonds. The van der Waals surface area contributed by atoms with Gasteiger partial charge in [0.25, 0.3) is 0 Å². The minimum absolute atomic E-state index is 0.0686. The van der Waals surface area contributed by atoms with Gasteiger partial charge in [0.1, 0.15) is 5.82 Å². The summed E-state index contributed by atoms with van der Waals surface area (Å²) in [5.41, 5.74) is 2.91. The number of hydrogen-bond acceptors (Lipinski definition) is 3. The van der Waals surface area contributed by atoms with Gasteiger partial charge in [0.15, 0.2) is 0 Å². The molecule has 23 heavy (non-hydrogen) atoms. The van der Waals surface area contributed by atoms with E-state index in [1.165, 1.54) is 0 Å². The minimum Gasteiger partial charge on any atom is -0.335 e. The summed E-state index contributed by atoms with van der Waals surface area (Å²) < 4.78 is 2.02. The lowest BCUT2D eigenvalue weighted by atomic mass is 10.2. The first-order valence-corrected chi connectivity index (χ1v) is 7.38. The third-order valence-corrected chi connectivity index (χ3v) is 3.74. The number of pyridine rings is 1. The van der Waals surface area contributed by atoms with Crippen LogP contribution in [0.25, 0.3) is 17.1 Å². The van der Waals surface area contributed by atoms with Crippen LogP contribution in [0.2, 0.25) is 0 Å². The van der Waals surface area contributed by atoms with Crippen LogP contribution in [0.1, 0.15) is 11.4 Å². The van der Waals surface area contributed by atoms with Gasteiger partial charge in [0.2, 0.25) is 5.91 Å². The second kappa shape index (κ2) is 6.44. The number of benzene rings is 1. The minimum atomic E-state index is -0.0686. The summed E-state index contributed by atoms with van der Waals surface area (Å²) in [5.74, 6) is 0.790. The van der Waals surface area contributed by atoms with Crippen LogP contribution >= 0.6 is 0 Å². The van der Waals surface area contributed by atoms with Gasteiger partial charge in [-0.1, -0.05) is 18.2 Å². The average molecular weight is 306 g/mol. The van der Waals surface area contributed by atoms with E-state index >= 15 is 0 Å². The topological polar surface area (TPSA) is 51.0 Å². The zero-order valence-electron chi connectivity index (χ0n) is 13.2. The summed E-state index contributed by atoms with van der Waals surface area (Å²) in [6, 6.07) is 11.7. The normalized spacial score (nSPS) is 11.2. The lowest BCUT2D eigenvalue weighted by molar-refractivity contribution is -0.125. The third-order valence-electron chi connectivity index (χ3n) is 3.74. The van der Waals surface area contributed by atoms with Crippen LogP contribution in [0.4, 0.5) is 0 Å². The maximum Gasteiger partial charge on any atom is 0.246 e. The first-order valence-electron chi connectivity index (χ1n) is 7.38. The molecule has 3 rings (SSSR count). The van der Waals surface area contributed by atoms with E-state index < -0.39 is 0 Å². The summed E-state index contributed by atoms with van der Waals surface area (Å²) in [6.07, 6.45) is 6.74. The molecule has 0 bridgehead atoms. The smallest absolute Gasteiger partial charge is 0.246 e. The molecule has 0 spiro atoms. The van der Waals surface area contributed by atoms with Gasteiger partial charge in [-0.25, -0.2) is 4.98 Å². The SMILES string of the molecule is CN(Cc1nc2ccccc2n1C)C(=O)/C=C\c1cccnc1. The van der Waals surface area contributed by atoms with Gasteiger partial charge >= 0.3 is 0 Å². The summed E-state index contributed by atoms with van der Waals surface area (Å²) in [4.78, 5) is 22.5. The fourth-order valence-corrected chi connectivity index (χ4v) is 2.40. The van der Waals surface area contributed by atoms with Gasteiger partial charge in [-0.2, -0.15) is 0 Å². The molecule has 3 aromatic rings. The van der Waals surface area contributed by atoms with Gasteiger partial charge in [-0.3, -0.25) is 9.78 Å². The molecule has 0 aliphatic carbocycles. The molecule has 0 unspecified atom stereocenters. The third kappa shape index (κ3) is 3.29. The van der Waals surface area contributed by atoms with Crippen molar-refractivity contribution in [2.45, 2.75) is 6.54 Å². The summed E-state index contributed by atoms with van der Waals surface area (Å²) in [5, 5.41) is 0. The Morgan fingerprint density at radius 2 is 2.09 bits per heavy atom. The summed E-state index contributed by atoms with van der Waals surface area (Å²) in [6.45, 7) is 0.460. The van der Waals surface area contributed by atoms with E-state index in [4.69, 9.17) is 0 Å². The molecule has 0 aliphatic heterocycles. The number of hydrogen-bond donors (Lipinski definition) is 0. The highest BCUT2D eigenvalue weighted by atomic mass is 16.2.